The standard InChI is InChI=1S/C16H22N2O2/c1-5-11(6-2)18-13-10-8-7-9-12(13)14(19)17-16(3,4)15(18)20/h7-11H,5-6H2,1-4H3,(H,17,19). The number of hydrogen-bond donors (Lipinski definition) is 1. The summed E-state index contributed by atoms with van der Waals surface area (Å²) >= 11 is 0. The molecule has 1 N–H and O–H groups in total. The van der Waals surface area contributed by atoms with E-state index in [1.807, 2.05) is 18.2 Å². The summed E-state index contributed by atoms with van der Waals surface area (Å²) in [5, 5.41) is 2.83. The van der Waals surface area contributed by atoms with E-state index in [9.17, 15) is 9.59 Å². The number of anilines is 1. The van der Waals surface area contributed by atoms with Gasteiger partial charge in [0, 0.05) is 6.04 Å². The molecule has 1 aliphatic rings. The van der Waals surface area contributed by atoms with Crippen LogP contribution in [0.25, 0.3) is 0 Å². The molecule has 1 aromatic carbocycles. The first-order valence-corrected chi connectivity index (χ1v) is 7.17. The van der Waals surface area contributed by atoms with Crippen molar-refractivity contribution in [2.45, 2.75) is 52.1 Å². The van der Waals surface area contributed by atoms with Crippen LogP contribution in [-0.4, -0.2) is 23.4 Å². The number of hydrogen-bond acceptors (Lipinski definition) is 2. The molecule has 4 nitrogen and oxygen atoms in total. The molecule has 1 heterocycles. The zero-order valence-corrected chi connectivity index (χ0v) is 12.6. The lowest BCUT2D eigenvalue weighted by Crippen LogP contribution is -2.56. The van der Waals surface area contributed by atoms with Crippen LogP contribution in [-0.2, 0) is 4.79 Å². The van der Waals surface area contributed by atoms with Gasteiger partial charge in [-0.2, -0.15) is 0 Å². The van der Waals surface area contributed by atoms with Gasteiger partial charge >= 0.3 is 0 Å². The fourth-order valence-corrected chi connectivity index (χ4v) is 2.71. The van der Waals surface area contributed by atoms with Crippen molar-refractivity contribution < 1.29 is 9.59 Å². The van der Waals surface area contributed by atoms with Gasteiger partial charge in [0.2, 0.25) is 0 Å². The van der Waals surface area contributed by atoms with Gasteiger partial charge in [0.1, 0.15) is 5.54 Å². The fraction of sp³-hybridized carbons (Fsp3) is 0.500. The molecule has 0 aliphatic carbocycles. The molecule has 0 saturated heterocycles. The largest absolute Gasteiger partial charge is 0.338 e. The third-order valence-corrected chi connectivity index (χ3v) is 3.90. The quantitative estimate of drug-likeness (QED) is 0.921. The molecule has 108 valence electrons. The Hall–Kier alpha value is -1.84. The summed E-state index contributed by atoms with van der Waals surface area (Å²) in [6, 6.07) is 7.43. The molecule has 0 bridgehead atoms. The highest BCUT2D eigenvalue weighted by atomic mass is 16.2. The summed E-state index contributed by atoms with van der Waals surface area (Å²) in [6.45, 7) is 7.65. The predicted molar refractivity (Wildman–Crippen MR) is 79.8 cm³/mol. The first kappa shape index (κ1) is 14.6. The topological polar surface area (TPSA) is 49.4 Å². The molecule has 2 rings (SSSR count). The van der Waals surface area contributed by atoms with E-state index >= 15 is 0 Å². The van der Waals surface area contributed by atoms with Gasteiger partial charge in [-0.1, -0.05) is 26.0 Å². The normalized spacial score (nSPS) is 17.8. The molecule has 1 aromatic rings. The van der Waals surface area contributed by atoms with Crippen molar-refractivity contribution in [2.24, 2.45) is 0 Å². The van der Waals surface area contributed by atoms with E-state index in [1.165, 1.54) is 0 Å². The zero-order chi connectivity index (χ0) is 14.9. The Morgan fingerprint density at radius 3 is 2.35 bits per heavy atom. The number of para-hydroxylation sites is 1. The number of nitrogens with zero attached hydrogens (tertiary/aromatic N) is 1. The van der Waals surface area contributed by atoms with Gasteiger partial charge < -0.3 is 10.2 Å². The van der Waals surface area contributed by atoms with Crippen LogP contribution in [0.15, 0.2) is 24.3 Å². The monoisotopic (exact) mass is 274 g/mol. The minimum atomic E-state index is -0.890. The number of benzene rings is 1. The van der Waals surface area contributed by atoms with Gasteiger partial charge in [-0.05, 0) is 38.8 Å². The van der Waals surface area contributed by atoms with Gasteiger partial charge in [0.25, 0.3) is 11.8 Å². The minimum Gasteiger partial charge on any atom is -0.338 e. The maximum atomic E-state index is 12.8. The van der Waals surface area contributed by atoms with Crippen LogP contribution in [0.2, 0.25) is 0 Å². The molecule has 0 aromatic heterocycles. The maximum absolute atomic E-state index is 12.8. The average Bonchev–Trinajstić information content (AvgIpc) is 2.49. The molecule has 0 saturated carbocycles. The molecule has 0 radical (unpaired) electrons. The van der Waals surface area contributed by atoms with E-state index in [4.69, 9.17) is 0 Å². The summed E-state index contributed by atoms with van der Waals surface area (Å²) in [7, 11) is 0. The first-order chi connectivity index (χ1) is 9.42. The van der Waals surface area contributed by atoms with Crippen molar-refractivity contribution in [3.8, 4) is 0 Å². The van der Waals surface area contributed by atoms with Crippen molar-refractivity contribution in [3.63, 3.8) is 0 Å². The summed E-state index contributed by atoms with van der Waals surface area (Å²) in [4.78, 5) is 27.0. The van der Waals surface area contributed by atoms with Crippen molar-refractivity contribution in [1.29, 1.82) is 0 Å². The van der Waals surface area contributed by atoms with Gasteiger partial charge in [0.05, 0.1) is 11.3 Å². The zero-order valence-electron chi connectivity index (χ0n) is 12.6. The lowest BCUT2D eigenvalue weighted by Gasteiger charge is -2.34. The summed E-state index contributed by atoms with van der Waals surface area (Å²) < 4.78 is 0. The maximum Gasteiger partial charge on any atom is 0.254 e. The van der Waals surface area contributed by atoms with Crippen LogP contribution in [0.1, 0.15) is 50.9 Å². The van der Waals surface area contributed by atoms with E-state index in [0.717, 1.165) is 12.8 Å². The smallest absolute Gasteiger partial charge is 0.254 e. The van der Waals surface area contributed by atoms with Gasteiger partial charge in [-0.3, -0.25) is 9.59 Å². The number of nitrogens with one attached hydrogen (secondary N) is 1. The molecule has 0 fully saturated rings. The summed E-state index contributed by atoms with van der Waals surface area (Å²) in [6.07, 6.45) is 1.72. The average molecular weight is 274 g/mol. The van der Waals surface area contributed by atoms with Crippen LogP contribution >= 0.6 is 0 Å². The van der Waals surface area contributed by atoms with Crippen molar-refractivity contribution in [2.75, 3.05) is 4.90 Å². The molecule has 0 atom stereocenters. The second kappa shape index (κ2) is 5.27. The van der Waals surface area contributed by atoms with E-state index < -0.39 is 5.54 Å². The molecular formula is C16H22N2O2. The minimum absolute atomic E-state index is 0.0514. The van der Waals surface area contributed by atoms with Crippen LogP contribution in [0.4, 0.5) is 5.69 Å². The lowest BCUT2D eigenvalue weighted by atomic mass is 10.0. The second-order valence-corrected chi connectivity index (χ2v) is 5.74. The third-order valence-electron chi connectivity index (χ3n) is 3.90. The Labute approximate surface area is 120 Å². The van der Waals surface area contributed by atoms with E-state index in [-0.39, 0.29) is 17.9 Å². The van der Waals surface area contributed by atoms with Crippen LogP contribution in [0.5, 0.6) is 0 Å². The highest BCUT2D eigenvalue weighted by molar-refractivity contribution is 6.12. The van der Waals surface area contributed by atoms with Crippen LogP contribution in [0.3, 0.4) is 0 Å². The van der Waals surface area contributed by atoms with Crippen molar-refractivity contribution in [1.82, 2.24) is 5.32 Å². The summed E-state index contributed by atoms with van der Waals surface area (Å²) in [5.74, 6) is -0.239. The number of carbonyl (C=O) groups is 2. The highest BCUT2D eigenvalue weighted by Gasteiger charge is 2.41. The second-order valence-electron chi connectivity index (χ2n) is 5.74. The fourth-order valence-electron chi connectivity index (χ4n) is 2.71. The highest BCUT2D eigenvalue weighted by Crippen LogP contribution is 2.30. The number of fused-ring (bicyclic) bond motifs is 1. The Morgan fingerprint density at radius 2 is 1.75 bits per heavy atom. The van der Waals surface area contributed by atoms with Crippen LogP contribution in [0, 0.1) is 0 Å². The Bertz CT molecular complexity index is 533. The van der Waals surface area contributed by atoms with Gasteiger partial charge in [-0.25, -0.2) is 0 Å². The first-order valence-electron chi connectivity index (χ1n) is 7.17. The predicted octanol–water partition coefficient (Wildman–Crippen LogP) is 2.73. The lowest BCUT2D eigenvalue weighted by molar-refractivity contribution is -0.123. The molecule has 0 spiro atoms. The number of rotatable bonds is 3. The summed E-state index contributed by atoms with van der Waals surface area (Å²) in [5.41, 5.74) is 0.395. The van der Waals surface area contributed by atoms with Crippen molar-refractivity contribution in [3.05, 3.63) is 29.8 Å². The van der Waals surface area contributed by atoms with E-state index in [1.54, 1.807) is 24.8 Å². The SMILES string of the molecule is CCC(CC)N1C(=O)C(C)(C)NC(=O)c2ccccc21. The van der Waals surface area contributed by atoms with Gasteiger partial charge in [-0.15, -0.1) is 0 Å². The van der Waals surface area contributed by atoms with E-state index in [0.29, 0.717) is 11.3 Å². The Balaban J connectivity index is 2.63. The van der Waals surface area contributed by atoms with Crippen molar-refractivity contribution >= 4 is 17.5 Å². The van der Waals surface area contributed by atoms with Gasteiger partial charge in [0.15, 0.2) is 0 Å². The Kier molecular flexibility index (Phi) is 3.84. The number of carbonyl (C=O) groups excluding carboxylic acids is 2. The molecule has 2 amide bonds. The van der Waals surface area contributed by atoms with E-state index in [2.05, 4.69) is 19.2 Å². The molecule has 0 unspecified atom stereocenters. The van der Waals surface area contributed by atoms with Crippen LogP contribution < -0.4 is 10.2 Å². The molecule has 20 heavy (non-hydrogen) atoms. The third kappa shape index (κ3) is 2.30. The number of amides is 2. The molecule has 4 heteroatoms. The molecule has 1 aliphatic heterocycles. The molecular weight excluding hydrogens is 252 g/mol. The Morgan fingerprint density at radius 1 is 1.15 bits per heavy atom.